The van der Waals surface area contributed by atoms with Gasteiger partial charge in [0.05, 0.1) is 5.52 Å². The van der Waals surface area contributed by atoms with Crippen molar-refractivity contribution in [1.82, 2.24) is 4.57 Å². The lowest BCUT2D eigenvalue weighted by Gasteiger charge is -2.03. The summed E-state index contributed by atoms with van der Waals surface area (Å²) in [6.07, 6.45) is 2.29. The molecule has 128 valence electrons. The molecule has 26 heavy (non-hydrogen) atoms. The van der Waals surface area contributed by atoms with Gasteiger partial charge in [0.1, 0.15) is 5.76 Å². The number of hydrogen-bond donors (Lipinski definition) is 0. The molecule has 0 spiro atoms. The van der Waals surface area contributed by atoms with Crippen LogP contribution in [0.1, 0.15) is 20.9 Å². The Morgan fingerprint density at radius 1 is 1.04 bits per heavy atom. The number of halogens is 2. The van der Waals surface area contributed by atoms with Gasteiger partial charge in [-0.25, -0.2) is 0 Å². The van der Waals surface area contributed by atoms with E-state index in [9.17, 15) is 9.59 Å². The fraction of sp³-hybridized carbons (Fsp3) is 0. The van der Waals surface area contributed by atoms with Gasteiger partial charge in [-0.3, -0.25) is 14.2 Å². The Balaban J connectivity index is 1.77. The number of rotatable bonds is 3. The average Bonchev–Trinajstić information content (AvgIpc) is 3.26. The van der Waals surface area contributed by atoms with E-state index in [4.69, 9.17) is 4.42 Å². The summed E-state index contributed by atoms with van der Waals surface area (Å²) in [5.74, 6) is 0.460. The maximum absolute atomic E-state index is 12.9. The molecule has 4 aromatic rings. The number of carbonyl (C=O) groups is 2. The number of hydrogen-bond acceptors (Lipinski definition) is 3. The molecule has 4 nitrogen and oxygen atoms in total. The number of fused-ring (bicyclic) bond motifs is 1. The van der Waals surface area contributed by atoms with Crippen molar-refractivity contribution in [3.8, 4) is 11.3 Å². The van der Waals surface area contributed by atoms with E-state index in [1.54, 1.807) is 18.2 Å². The molecule has 4 rings (SSSR count). The first-order valence-corrected chi connectivity index (χ1v) is 9.32. The Labute approximate surface area is 165 Å². The predicted octanol–water partition coefficient (Wildman–Crippen LogP) is 5.93. The van der Waals surface area contributed by atoms with Gasteiger partial charge in [0.2, 0.25) is 0 Å². The second-order valence-corrected chi connectivity index (χ2v) is 7.45. The smallest absolute Gasteiger partial charge is 0.298 e. The molecule has 2 heterocycles. The van der Waals surface area contributed by atoms with Crippen LogP contribution in [0.15, 0.2) is 74.2 Å². The molecular formula is C20H11Br2NO3. The summed E-state index contributed by atoms with van der Waals surface area (Å²) in [5, 5.41) is 0.735. The third-order valence-electron chi connectivity index (χ3n) is 4.10. The number of benzene rings is 2. The molecule has 0 bridgehead atoms. The molecule has 2 aromatic heterocycles. The fourth-order valence-corrected chi connectivity index (χ4v) is 4.12. The topological polar surface area (TPSA) is 52.2 Å². The molecular weight excluding hydrogens is 462 g/mol. The minimum absolute atomic E-state index is 0.202. The summed E-state index contributed by atoms with van der Waals surface area (Å²) >= 11 is 6.91. The van der Waals surface area contributed by atoms with E-state index in [1.807, 2.05) is 36.4 Å². The standard InChI is InChI=1S/C20H11Br2NO3/c21-13-5-6-15(16(22)9-13)18-7-8-19(26-18)20(25)23-10-12(11-24)14-3-1-2-4-17(14)23/h1-11H. The first-order chi connectivity index (χ1) is 12.6. The van der Waals surface area contributed by atoms with Crippen LogP contribution >= 0.6 is 31.9 Å². The summed E-state index contributed by atoms with van der Waals surface area (Å²) in [6, 6.07) is 16.4. The zero-order chi connectivity index (χ0) is 18.3. The summed E-state index contributed by atoms with van der Waals surface area (Å²) in [7, 11) is 0. The van der Waals surface area contributed by atoms with Crippen LogP contribution in [0.3, 0.4) is 0 Å². The van der Waals surface area contributed by atoms with Gasteiger partial charge < -0.3 is 4.42 Å². The van der Waals surface area contributed by atoms with Crippen molar-refractivity contribution in [3.05, 3.63) is 81.1 Å². The van der Waals surface area contributed by atoms with Crippen molar-refractivity contribution in [2.45, 2.75) is 0 Å². The summed E-state index contributed by atoms with van der Waals surface area (Å²) in [4.78, 5) is 24.2. The zero-order valence-corrected chi connectivity index (χ0v) is 16.5. The molecule has 0 unspecified atom stereocenters. The van der Waals surface area contributed by atoms with Gasteiger partial charge in [0.25, 0.3) is 5.91 Å². The second kappa shape index (κ2) is 6.70. The minimum atomic E-state index is -0.325. The van der Waals surface area contributed by atoms with Gasteiger partial charge in [-0.2, -0.15) is 0 Å². The second-order valence-electron chi connectivity index (χ2n) is 5.68. The van der Waals surface area contributed by atoms with Crippen molar-refractivity contribution in [2.75, 3.05) is 0 Å². The molecule has 0 saturated carbocycles. The zero-order valence-electron chi connectivity index (χ0n) is 13.3. The van der Waals surface area contributed by atoms with Crippen LogP contribution in [0.4, 0.5) is 0 Å². The van der Waals surface area contributed by atoms with Gasteiger partial charge in [0, 0.05) is 31.7 Å². The predicted molar refractivity (Wildman–Crippen MR) is 107 cm³/mol. The largest absolute Gasteiger partial charge is 0.451 e. The van der Waals surface area contributed by atoms with E-state index in [-0.39, 0.29) is 11.7 Å². The van der Waals surface area contributed by atoms with Crippen LogP contribution in [-0.2, 0) is 0 Å². The molecule has 0 radical (unpaired) electrons. The van der Waals surface area contributed by atoms with E-state index in [1.165, 1.54) is 10.8 Å². The highest BCUT2D eigenvalue weighted by molar-refractivity contribution is 9.11. The summed E-state index contributed by atoms with van der Waals surface area (Å²) < 4.78 is 9.03. The number of furan rings is 1. The van der Waals surface area contributed by atoms with E-state index >= 15 is 0 Å². The highest BCUT2D eigenvalue weighted by atomic mass is 79.9. The van der Waals surface area contributed by atoms with Gasteiger partial charge in [-0.1, -0.05) is 34.1 Å². The van der Waals surface area contributed by atoms with Crippen LogP contribution in [0.2, 0.25) is 0 Å². The van der Waals surface area contributed by atoms with Crippen LogP contribution in [0.25, 0.3) is 22.2 Å². The van der Waals surface area contributed by atoms with Crippen LogP contribution < -0.4 is 0 Å². The number of carbonyl (C=O) groups excluding carboxylic acids is 2. The monoisotopic (exact) mass is 471 g/mol. The van der Waals surface area contributed by atoms with Gasteiger partial charge in [-0.05, 0) is 52.3 Å². The molecule has 0 aliphatic carbocycles. The van der Waals surface area contributed by atoms with Crippen molar-refractivity contribution in [1.29, 1.82) is 0 Å². The first-order valence-electron chi connectivity index (χ1n) is 7.73. The third-order valence-corrected chi connectivity index (χ3v) is 5.25. The Hall–Kier alpha value is -2.44. The number of para-hydroxylation sites is 1. The van der Waals surface area contributed by atoms with Gasteiger partial charge >= 0.3 is 0 Å². The van der Waals surface area contributed by atoms with E-state index in [0.717, 1.165) is 26.2 Å². The summed E-state index contributed by atoms with van der Waals surface area (Å²) in [6.45, 7) is 0. The third kappa shape index (κ3) is 2.85. The average molecular weight is 473 g/mol. The lowest BCUT2D eigenvalue weighted by atomic mass is 10.2. The molecule has 0 fully saturated rings. The van der Waals surface area contributed by atoms with E-state index in [0.29, 0.717) is 16.8 Å². The molecule has 0 aliphatic heterocycles. The minimum Gasteiger partial charge on any atom is -0.451 e. The highest BCUT2D eigenvalue weighted by Gasteiger charge is 2.19. The number of aromatic nitrogens is 1. The molecule has 0 aliphatic rings. The number of nitrogens with zero attached hydrogens (tertiary/aromatic N) is 1. The van der Waals surface area contributed by atoms with Crippen LogP contribution in [0.5, 0.6) is 0 Å². The molecule has 0 saturated heterocycles. The molecule has 6 heteroatoms. The molecule has 0 amide bonds. The lowest BCUT2D eigenvalue weighted by Crippen LogP contribution is -2.09. The van der Waals surface area contributed by atoms with Gasteiger partial charge in [0.15, 0.2) is 12.0 Å². The summed E-state index contributed by atoms with van der Waals surface area (Å²) in [5.41, 5.74) is 1.98. The van der Waals surface area contributed by atoms with E-state index < -0.39 is 0 Å². The quantitative estimate of drug-likeness (QED) is 0.347. The Kier molecular flexibility index (Phi) is 4.38. The number of aldehydes is 1. The van der Waals surface area contributed by atoms with Gasteiger partial charge in [-0.15, -0.1) is 0 Å². The normalized spacial score (nSPS) is 11.0. The van der Waals surface area contributed by atoms with Crippen molar-refractivity contribution in [3.63, 3.8) is 0 Å². The Morgan fingerprint density at radius 2 is 1.85 bits per heavy atom. The fourth-order valence-electron chi connectivity index (χ4n) is 2.87. The highest BCUT2D eigenvalue weighted by Crippen LogP contribution is 2.32. The van der Waals surface area contributed by atoms with Crippen LogP contribution in [-0.4, -0.2) is 16.8 Å². The SMILES string of the molecule is O=Cc1cn(C(=O)c2ccc(-c3ccc(Br)cc3Br)o2)c2ccccc12. The maximum atomic E-state index is 12.9. The van der Waals surface area contributed by atoms with Crippen molar-refractivity contribution in [2.24, 2.45) is 0 Å². The molecule has 2 aromatic carbocycles. The molecule has 0 N–H and O–H groups in total. The lowest BCUT2D eigenvalue weighted by molar-refractivity contribution is 0.0938. The maximum Gasteiger partial charge on any atom is 0.298 e. The van der Waals surface area contributed by atoms with E-state index in [2.05, 4.69) is 31.9 Å². The Bertz CT molecular complexity index is 1160. The van der Waals surface area contributed by atoms with Crippen LogP contribution in [0, 0.1) is 0 Å². The molecule has 0 atom stereocenters. The Morgan fingerprint density at radius 3 is 2.62 bits per heavy atom. The van der Waals surface area contributed by atoms with Crippen molar-refractivity contribution >= 4 is 55.0 Å². The van der Waals surface area contributed by atoms with Crippen molar-refractivity contribution < 1.29 is 14.0 Å². The first kappa shape index (κ1) is 17.0.